The highest BCUT2D eigenvalue weighted by molar-refractivity contribution is 5.78. The summed E-state index contributed by atoms with van der Waals surface area (Å²) in [5.41, 5.74) is 4.46. The molecule has 0 unspecified atom stereocenters. The van der Waals surface area contributed by atoms with Gasteiger partial charge >= 0.3 is 0 Å². The Hall–Kier alpha value is -2.63. The third-order valence-corrected chi connectivity index (χ3v) is 4.94. The minimum Gasteiger partial charge on any atom is -0.353 e. The van der Waals surface area contributed by atoms with Gasteiger partial charge in [-0.3, -0.25) is 0 Å². The van der Waals surface area contributed by atoms with Gasteiger partial charge < -0.3 is 14.4 Å². The summed E-state index contributed by atoms with van der Waals surface area (Å²) >= 11 is 0. The summed E-state index contributed by atoms with van der Waals surface area (Å²) in [5, 5.41) is 0. The first-order valence-electron chi connectivity index (χ1n) is 8.34. The molecular formula is C18H22N6. The van der Waals surface area contributed by atoms with E-state index in [1.54, 1.807) is 6.33 Å². The summed E-state index contributed by atoms with van der Waals surface area (Å²) in [6.07, 6.45) is 1.66. The zero-order valence-corrected chi connectivity index (χ0v) is 14.4. The van der Waals surface area contributed by atoms with Gasteiger partial charge in [0.1, 0.15) is 12.1 Å². The number of rotatable bonds is 2. The predicted octanol–water partition coefficient (Wildman–Crippen LogP) is 2.31. The number of hydrogen-bond donors (Lipinski definition) is 0. The number of piperazine rings is 1. The molecule has 3 heterocycles. The monoisotopic (exact) mass is 322 g/mol. The maximum atomic E-state index is 4.81. The molecule has 0 bridgehead atoms. The van der Waals surface area contributed by atoms with E-state index in [4.69, 9.17) is 4.98 Å². The van der Waals surface area contributed by atoms with Gasteiger partial charge in [-0.25, -0.2) is 15.0 Å². The lowest BCUT2D eigenvalue weighted by atomic mass is 10.2. The fourth-order valence-electron chi connectivity index (χ4n) is 3.38. The van der Waals surface area contributed by atoms with E-state index in [2.05, 4.69) is 56.5 Å². The number of anilines is 2. The minimum absolute atomic E-state index is 0.944. The van der Waals surface area contributed by atoms with Gasteiger partial charge in [0.15, 0.2) is 0 Å². The first kappa shape index (κ1) is 14.9. The molecular weight excluding hydrogens is 300 g/mol. The van der Waals surface area contributed by atoms with E-state index in [1.165, 1.54) is 11.1 Å². The first-order valence-corrected chi connectivity index (χ1v) is 8.34. The lowest BCUT2D eigenvalue weighted by Crippen LogP contribution is -2.47. The molecule has 1 aliphatic heterocycles. The molecule has 24 heavy (non-hydrogen) atoms. The average Bonchev–Trinajstić information content (AvgIpc) is 2.95. The number of para-hydroxylation sites is 2. The van der Waals surface area contributed by atoms with Crippen molar-refractivity contribution in [3.63, 3.8) is 0 Å². The van der Waals surface area contributed by atoms with Crippen LogP contribution in [0.5, 0.6) is 0 Å². The van der Waals surface area contributed by atoms with Crippen LogP contribution in [-0.2, 0) is 7.05 Å². The van der Waals surface area contributed by atoms with E-state index in [0.717, 1.165) is 49.2 Å². The van der Waals surface area contributed by atoms with Gasteiger partial charge in [-0.05, 0) is 26.0 Å². The van der Waals surface area contributed by atoms with Crippen LogP contribution in [0.1, 0.15) is 11.3 Å². The molecule has 3 aromatic rings. The molecule has 1 aliphatic rings. The molecule has 1 aromatic carbocycles. The van der Waals surface area contributed by atoms with Gasteiger partial charge in [0.25, 0.3) is 0 Å². The fraction of sp³-hybridized carbons (Fsp3) is 0.389. The van der Waals surface area contributed by atoms with Crippen LogP contribution < -0.4 is 9.80 Å². The van der Waals surface area contributed by atoms with Gasteiger partial charge in [0.05, 0.1) is 11.0 Å². The third kappa shape index (κ3) is 2.38. The van der Waals surface area contributed by atoms with E-state index in [1.807, 2.05) is 13.0 Å². The summed E-state index contributed by atoms with van der Waals surface area (Å²) in [7, 11) is 2.09. The van der Waals surface area contributed by atoms with Gasteiger partial charge in [-0.2, -0.15) is 0 Å². The lowest BCUT2D eigenvalue weighted by Gasteiger charge is -2.36. The fourth-order valence-corrected chi connectivity index (χ4v) is 3.38. The van der Waals surface area contributed by atoms with Crippen LogP contribution in [0.3, 0.4) is 0 Å². The smallest absolute Gasteiger partial charge is 0.206 e. The minimum atomic E-state index is 0.944. The van der Waals surface area contributed by atoms with Crippen LogP contribution >= 0.6 is 0 Å². The highest BCUT2D eigenvalue weighted by Gasteiger charge is 2.23. The quantitative estimate of drug-likeness (QED) is 0.725. The molecule has 124 valence electrons. The Labute approximate surface area is 141 Å². The van der Waals surface area contributed by atoms with Crippen molar-refractivity contribution < 1.29 is 0 Å². The Morgan fingerprint density at radius 3 is 2.38 bits per heavy atom. The van der Waals surface area contributed by atoms with Crippen molar-refractivity contribution in [2.45, 2.75) is 13.8 Å². The van der Waals surface area contributed by atoms with Crippen molar-refractivity contribution in [1.82, 2.24) is 19.5 Å². The number of aryl methyl sites for hydroxylation is 2. The molecule has 0 spiro atoms. The first-order chi connectivity index (χ1) is 11.6. The van der Waals surface area contributed by atoms with E-state index in [0.29, 0.717) is 0 Å². The van der Waals surface area contributed by atoms with Gasteiger partial charge in [0.2, 0.25) is 5.95 Å². The second-order valence-electron chi connectivity index (χ2n) is 6.34. The maximum Gasteiger partial charge on any atom is 0.206 e. The highest BCUT2D eigenvalue weighted by atomic mass is 15.4. The standard InChI is InChI=1S/C18H22N6/c1-13-14(2)19-12-20-17(13)23-8-10-24(11-9-23)18-21-15-6-4-5-7-16(15)22(18)3/h4-7,12H,8-11H2,1-3H3. The predicted molar refractivity (Wildman–Crippen MR) is 96.6 cm³/mol. The molecule has 0 atom stereocenters. The van der Waals surface area contributed by atoms with Gasteiger partial charge in [-0.1, -0.05) is 12.1 Å². The molecule has 0 aliphatic carbocycles. The summed E-state index contributed by atoms with van der Waals surface area (Å²) in [5.74, 6) is 2.11. The molecule has 0 radical (unpaired) electrons. The normalized spacial score (nSPS) is 15.3. The molecule has 2 aromatic heterocycles. The number of benzene rings is 1. The Kier molecular flexibility index (Phi) is 3.59. The molecule has 0 amide bonds. The van der Waals surface area contributed by atoms with E-state index >= 15 is 0 Å². The number of fused-ring (bicyclic) bond motifs is 1. The second-order valence-corrected chi connectivity index (χ2v) is 6.34. The summed E-state index contributed by atoms with van der Waals surface area (Å²) in [6, 6.07) is 8.29. The molecule has 0 saturated carbocycles. The van der Waals surface area contributed by atoms with Crippen LogP contribution in [0, 0.1) is 13.8 Å². The number of hydrogen-bond acceptors (Lipinski definition) is 5. The molecule has 0 N–H and O–H groups in total. The summed E-state index contributed by atoms with van der Waals surface area (Å²) in [4.78, 5) is 18.3. The van der Waals surface area contributed by atoms with Crippen LogP contribution in [-0.4, -0.2) is 45.7 Å². The van der Waals surface area contributed by atoms with Crippen molar-refractivity contribution in [3.8, 4) is 0 Å². The van der Waals surface area contributed by atoms with Crippen molar-refractivity contribution in [3.05, 3.63) is 41.9 Å². The Balaban J connectivity index is 1.55. The van der Waals surface area contributed by atoms with Crippen molar-refractivity contribution in [2.75, 3.05) is 36.0 Å². The number of nitrogens with zero attached hydrogens (tertiary/aromatic N) is 6. The zero-order chi connectivity index (χ0) is 16.7. The molecule has 6 heteroatoms. The van der Waals surface area contributed by atoms with Crippen LogP contribution in [0.2, 0.25) is 0 Å². The lowest BCUT2D eigenvalue weighted by molar-refractivity contribution is 0.625. The van der Waals surface area contributed by atoms with Crippen molar-refractivity contribution >= 4 is 22.8 Å². The topological polar surface area (TPSA) is 50.1 Å². The highest BCUT2D eigenvalue weighted by Crippen LogP contribution is 2.24. The van der Waals surface area contributed by atoms with Crippen LogP contribution in [0.25, 0.3) is 11.0 Å². The molecule has 6 nitrogen and oxygen atoms in total. The van der Waals surface area contributed by atoms with E-state index in [-0.39, 0.29) is 0 Å². The molecule has 1 fully saturated rings. The summed E-state index contributed by atoms with van der Waals surface area (Å²) in [6.45, 7) is 7.92. The Morgan fingerprint density at radius 1 is 0.917 bits per heavy atom. The average molecular weight is 322 g/mol. The van der Waals surface area contributed by atoms with Crippen LogP contribution in [0.4, 0.5) is 11.8 Å². The van der Waals surface area contributed by atoms with Gasteiger partial charge in [-0.15, -0.1) is 0 Å². The van der Waals surface area contributed by atoms with Gasteiger partial charge in [0, 0.05) is 44.5 Å². The molecule has 4 rings (SSSR count). The number of imidazole rings is 1. The largest absolute Gasteiger partial charge is 0.353 e. The maximum absolute atomic E-state index is 4.81. The SMILES string of the molecule is Cc1ncnc(N2CCN(c3nc4ccccc4n3C)CC2)c1C. The Bertz CT molecular complexity index is 876. The van der Waals surface area contributed by atoms with Crippen LogP contribution in [0.15, 0.2) is 30.6 Å². The summed E-state index contributed by atoms with van der Waals surface area (Å²) < 4.78 is 2.19. The van der Waals surface area contributed by atoms with E-state index in [9.17, 15) is 0 Å². The Morgan fingerprint density at radius 2 is 1.62 bits per heavy atom. The second kappa shape index (κ2) is 5.78. The number of aromatic nitrogens is 4. The molecule has 1 saturated heterocycles. The van der Waals surface area contributed by atoms with Crippen molar-refractivity contribution in [1.29, 1.82) is 0 Å². The van der Waals surface area contributed by atoms with Crippen molar-refractivity contribution in [2.24, 2.45) is 7.05 Å². The van der Waals surface area contributed by atoms with E-state index < -0.39 is 0 Å². The zero-order valence-electron chi connectivity index (χ0n) is 14.4. The third-order valence-electron chi connectivity index (χ3n) is 4.94.